The molecule has 0 aromatic rings. The first-order valence-corrected chi connectivity index (χ1v) is 8.76. The standard InChI is InChI=1S/C12H26OSi2/c1-3-5-7-9-11-14-13-15-12-10-8-6-4-2/h3-12H2,1-2H3. The van der Waals surface area contributed by atoms with Crippen LogP contribution in [0.25, 0.3) is 0 Å². The molecule has 0 rings (SSSR count). The largest absolute Gasteiger partial charge is 0.457 e. The minimum absolute atomic E-state index is 0.768. The fraction of sp³-hybridized carbons (Fsp3) is 1.00. The van der Waals surface area contributed by atoms with E-state index >= 15 is 0 Å². The monoisotopic (exact) mass is 242 g/mol. The Labute approximate surface area is 101 Å². The van der Waals surface area contributed by atoms with Crippen LogP contribution >= 0.6 is 0 Å². The van der Waals surface area contributed by atoms with Crippen molar-refractivity contribution in [3.8, 4) is 0 Å². The molecule has 0 fully saturated rings. The van der Waals surface area contributed by atoms with Gasteiger partial charge in [-0.05, 0) is 12.1 Å². The average molecular weight is 243 g/mol. The first-order valence-electron chi connectivity index (χ1n) is 6.53. The van der Waals surface area contributed by atoms with Crippen LogP contribution in [0, 0.1) is 0 Å². The molecule has 15 heavy (non-hydrogen) atoms. The van der Waals surface area contributed by atoms with Crippen LogP contribution in [0.3, 0.4) is 0 Å². The summed E-state index contributed by atoms with van der Waals surface area (Å²) in [7, 11) is 1.54. The van der Waals surface area contributed by atoms with Gasteiger partial charge >= 0.3 is 0 Å². The highest BCUT2D eigenvalue weighted by Gasteiger charge is 1.95. The molecule has 0 bridgehead atoms. The molecule has 1 nitrogen and oxygen atoms in total. The molecule has 0 atom stereocenters. The van der Waals surface area contributed by atoms with E-state index in [-0.39, 0.29) is 0 Å². The number of hydrogen-bond acceptors (Lipinski definition) is 1. The Balaban J connectivity index is 2.81. The maximum absolute atomic E-state index is 5.65. The van der Waals surface area contributed by atoms with Gasteiger partial charge < -0.3 is 4.12 Å². The third kappa shape index (κ3) is 14.4. The van der Waals surface area contributed by atoms with Crippen molar-refractivity contribution in [3.05, 3.63) is 0 Å². The minimum Gasteiger partial charge on any atom is -0.457 e. The van der Waals surface area contributed by atoms with E-state index in [9.17, 15) is 0 Å². The summed E-state index contributed by atoms with van der Waals surface area (Å²) in [5.74, 6) is 0. The van der Waals surface area contributed by atoms with E-state index in [2.05, 4.69) is 13.8 Å². The zero-order valence-electron chi connectivity index (χ0n) is 10.5. The van der Waals surface area contributed by atoms with E-state index in [0.29, 0.717) is 0 Å². The molecule has 0 saturated heterocycles. The van der Waals surface area contributed by atoms with Crippen LogP contribution in [0.4, 0.5) is 0 Å². The van der Waals surface area contributed by atoms with Crippen molar-refractivity contribution in [3.63, 3.8) is 0 Å². The topological polar surface area (TPSA) is 9.23 Å². The van der Waals surface area contributed by atoms with Gasteiger partial charge in [0.2, 0.25) is 19.5 Å². The van der Waals surface area contributed by atoms with E-state index in [1.54, 1.807) is 0 Å². The molecule has 0 aliphatic heterocycles. The van der Waals surface area contributed by atoms with Gasteiger partial charge in [0, 0.05) is 0 Å². The van der Waals surface area contributed by atoms with Crippen LogP contribution in [0.15, 0.2) is 0 Å². The molecule has 0 N–H and O–H groups in total. The second-order valence-electron chi connectivity index (χ2n) is 4.01. The lowest BCUT2D eigenvalue weighted by Gasteiger charge is -2.01. The maximum atomic E-state index is 5.65. The summed E-state index contributed by atoms with van der Waals surface area (Å²) in [6.45, 7) is 4.52. The summed E-state index contributed by atoms with van der Waals surface area (Å²) in [5.41, 5.74) is 0. The maximum Gasteiger partial charge on any atom is 0.214 e. The summed E-state index contributed by atoms with van der Waals surface area (Å²) >= 11 is 0. The van der Waals surface area contributed by atoms with Crippen LogP contribution in [-0.4, -0.2) is 19.5 Å². The lowest BCUT2D eigenvalue weighted by Crippen LogP contribution is -2.03. The molecule has 0 aromatic carbocycles. The predicted molar refractivity (Wildman–Crippen MR) is 70.5 cm³/mol. The third-order valence-electron chi connectivity index (χ3n) is 2.41. The van der Waals surface area contributed by atoms with Crippen molar-refractivity contribution in [2.24, 2.45) is 0 Å². The van der Waals surface area contributed by atoms with Gasteiger partial charge in [0.15, 0.2) is 0 Å². The average Bonchev–Trinajstić information content (AvgIpc) is 2.26. The smallest absolute Gasteiger partial charge is 0.214 e. The van der Waals surface area contributed by atoms with Crippen molar-refractivity contribution < 1.29 is 4.12 Å². The Morgan fingerprint density at radius 1 is 0.667 bits per heavy atom. The highest BCUT2D eigenvalue weighted by Crippen LogP contribution is 2.04. The van der Waals surface area contributed by atoms with E-state index in [0.717, 1.165) is 19.5 Å². The Morgan fingerprint density at radius 3 is 1.53 bits per heavy atom. The molecule has 3 heteroatoms. The Morgan fingerprint density at radius 2 is 1.13 bits per heavy atom. The van der Waals surface area contributed by atoms with Gasteiger partial charge in [0.05, 0.1) is 0 Å². The molecule has 0 heterocycles. The molecule has 0 aliphatic rings. The van der Waals surface area contributed by atoms with Crippen LogP contribution in [0.2, 0.25) is 12.1 Å². The Bertz CT molecular complexity index is 97.8. The molecule has 0 unspecified atom stereocenters. The third-order valence-corrected chi connectivity index (χ3v) is 4.68. The summed E-state index contributed by atoms with van der Waals surface area (Å²) in [5, 5.41) is 0. The second-order valence-corrected chi connectivity index (χ2v) is 6.41. The Hall–Kier alpha value is 0.394. The SMILES string of the molecule is CCCCCC[Si]O[Si]CCCCCC. The molecule has 0 aliphatic carbocycles. The fourth-order valence-electron chi connectivity index (χ4n) is 1.40. The lowest BCUT2D eigenvalue weighted by molar-refractivity contribution is 0.606. The van der Waals surface area contributed by atoms with E-state index in [1.165, 1.54) is 63.5 Å². The molecule has 4 radical (unpaired) electrons. The highest BCUT2D eigenvalue weighted by molar-refractivity contribution is 6.42. The van der Waals surface area contributed by atoms with Crippen molar-refractivity contribution in [1.82, 2.24) is 0 Å². The molecular weight excluding hydrogens is 216 g/mol. The zero-order valence-corrected chi connectivity index (χ0v) is 12.5. The predicted octanol–water partition coefficient (Wildman–Crippen LogP) is 4.24. The number of hydrogen-bond donors (Lipinski definition) is 0. The van der Waals surface area contributed by atoms with Crippen LogP contribution in [0.5, 0.6) is 0 Å². The first kappa shape index (κ1) is 15.4. The first-order chi connectivity index (χ1) is 7.41. The van der Waals surface area contributed by atoms with Crippen LogP contribution < -0.4 is 0 Å². The summed E-state index contributed by atoms with van der Waals surface area (Å²) in [6, 6.07) is 2.59. The van der Waals surface area contributed by atoms with Crippen molar-refractivity contribution in [2.45, 2.75) is 77.3 Å². The van der Waals surface area contributed by atoms with Gasteiger partial charge in [-0.25, -0.2) is 0 Å². The van der Waals surface area contributed by atoms with Crippen molar-refractivity contribution in [2.75, 3.05) is 0 Å². The van der Waals surface area contributed by atoms with Gasteiger partial charge in [-0.1, -0.05) is 65.2 Å². The number of unbranched alkanes of at least 4 members (excludes halogenated alkanes) is 6. The minimum atomic E-state index is 0.768. The van der Waals surface area contributed by atoms with Crippen LogP contribution in [-0.2, 0) is 4.12 Å². The summed E-state index contributed by atoms with van der Waals surface area (Å²) in [6.07, 6.45) is 11.0. The molecule has 0 spiro atoms. The number of rotatable bonds is 12. The second kappa shape index (κ2) is 14.4. The van der Waals surface area contributed by atoms with Crippen LogP contribution in [0.1, 0.15) is 65.2 Å². The van der Waals surface area contributed by atoms with E-state index in [1.807, 2.05) is 0 Å². The molecule has 0 saturated carbocycles. The fourth-order valence-corrected chi connectivity index (χ4v) is 3.41. The zero-order chi connectivity index (χ0) is 11.2. The van der Waals surface area contributed by atoms with Gasteiger partial charge in [0.25, 0.3) is 0 Å². The molecule has 88 valence electrons. The van der Waals surface area contributed by atoms with Gasteiger partial charge in [-0.15, -0.1) is 0 Å². The molecule has 0 aromatic heterocycles. The quantitative estimate of drug-likeness (QED) is 0.367. The van der Waals surface area contributed by atoms with Gasteiger partial charge in [-0.2, -0.15) is 0 Å². The van der Waals surface area contributed by atoms with E-state index < -0.39 is 0 Å². The van der Waals surface area contributed by atoms with Crippen molar-refractivity contribution in [1.29, 1.82) is 0 Å². The summed E-state index contributed by atoms with van der Waals surface area (Å²) < 4.78 is 5.65. The van der Waals surface area contributed by atoms with E-state index in [4.69, 9.17) is 4.12 Å². The Kier molecular flexibility index (Phi) is 14.8. The lowest BCUT2D eigenvalue weighted by atomic mass is 10.2. The molecule has 0 amide bonds. The van der Waals surface area contributed by atoms with Gasteiger partial charge in [-0.3, -0.25) is 0 Å². The van der Waals surface area contributed by atoms with Crippen molar-refractivity contribution >= 4 is 19.5 Å². The normalized spacial score (nSPS) is 10.8. The molecular formula is C12H26OSi2. The van der Waals surface area contributed by atoms with Gasteiger partial charge in [0.1, 0.15) is 0 Å². The summed E-state index contributed by atoms with van der Waals surface area (Å²) in [4.78, 5) is 0. The highest BCUT2D eigenvalue weighted by atomic mass is 28.3.